The molecule has 0 radical (unpaired) electrons. The first-order valence-corrected chi connectivity index (χ1v) is 10.7. The first kappa shape index (κ1) is 22.4. The van der Waals surface area contributed by atoms with Gasteiger partial charge in [-0.15, -0.1) is 0 Å². The SMILES string of the molecule is CC1=CC(C)(C)N(C(C)C)c2cc(C)c(/C=N\NC(=O)c3ccc(Cl)cc3Cl)cc21. The van der Waals surface area contributed by atoms with Gasteiger partial charge in [-0.25, -0.2) is 5.43 Å². The molecule has 1 N–H and O–H groups in total. The van der Waals surface area contributed by atoms with Crippen LogP contribution in [0.3, 0.4) is 0 Å². The van der Waals surface area contributed by atoms with Gasteiger partial charge in [-0.05, 0) is 88.6 Å². The number of carbonyl (C=O) groups excluding carboxylic acids is 1. The van der Waals surface area contributed by atoms with Crippen LogP contribution >= 0.6 is 23.2 Å². The van der Waals surface area contributed by atoms with Crippen LogP contribution in [0, 0.1) is 6.92 Å². The third-order valence-electron chi connectivity index (χ3n) is 5.32. The lowest BCUT2D eigenvalue weighted by atomic mass is 9.86. The van der Waals surface area contributed by atoms with Gasteiger partial charge in [0.25, 0.3) is 5.91 Å². The van der Waals surface area contributed by atoms with Gasteiger partial charge in [0.1, 0.15) is 0 Å². The zero-order valence-corrected chi connectivity index (χ0v) is 19.7. The maximum atomic E-state index is 12.4. The van der Waals surface area contributed by atoms with Crippen LogP contribution in [0.2, 0.25) is 10.0 Å². The predicted molar refractivity (Wildman–Crippen MR) is 128 cm³/mol. The van der Waals surface area contributed by atoms with Gasteiger partial charge in [-0.1, -0.05) is 29.3 Å². The average molecular weight is 444 g/mol. The normalized spacial score (nSPS) is 15.4. The fourth-order valence-corrected chi connectivity index (χ4v) is 4.68. The highest BCUT2D eigenvalue weighted by Gasteiger charge is 2.33. The van der Waals surface area contributed by atoms with Gasteiger partial charge in [0.05, 0.1) is 22.3 Å². The van der Waals surface area contributed by atoms with Crippen molar-refractivity contribution in [3.63, 3.8) is 0 Å². The minimum Gasteiger partial charge on any atom is -0.360 e. The summed E-state index contributed by atoms with van der Waals surface area (Å²) in [6, 6.07) is 9.43. The lowest BCUT2D eigenvalue weighted by Gasteiger charge is -2.46. The number of carbonyl (C=O) groups is 1. The van der Waals surface area contributed by atoms with E-state index in [1.807, 2.05) is 0 Å². The van der Waals surface area contributed by atoms with E-state index in [1.165, 1.54) is 22.9 Å². The minimum absolute atomic E-state index is 0.0564. The molecular weight excluding hydrogens is 417 g/mol. The summed E-state index contributed by atoms with van der Waals surface area (Å²) in [7, 11) is 0. The first-order valence-electron chi connectivity index (χ1n) is 9.93. The quantitative estimate of drug-likeness (QED) is 0.434. The average Bonchev–Trinajstić information content (AvgIpc) is 2.61. The molecule has 1 amide bonds. The lowest BCUT2D eigenvalue weighted by Crippen LogP contribution is -2.49. The van der Waals surface area contributed by atoms with E-state index in [0.717, 1.165) is 11.1 Å². The van der Waals surface area contributed by atoms with Gasteiger partial charge in [0, 0.05) is 22.3 Å². The first-order chi connectivity index (χ1) is 14.0. The van der Waals surface area contributed by atoms with Gasteiger partial charge >= 0.3 is 0 Å². The largest absolute Gasteiger partial charge is 0.360 e. The number of hydrogen-bond donors (Lipinski definition) is 1. The summed E-state index contributed by atoms with van der Waals surface area (Å²) in [6.07, 6.45) is 3.97. The van der Waals surface area contributed by atoms with E-state index in [0.29, 0.717) is 16.6 Å². The van der Waals surface area contributed by atoms with E-state index >= 15 is 0 Å². The van der Waals surface area contributed by atoms with Gasteiger partial charge in [0.2, 0.25) is 0 Å². The third kappa shape index (κ3) is 4.40. The van der Waals surface area contributed by atoms with Crippen LogP contribution in [0.15, 0.2) is 41.5 Å². The Balaban J connectivity index is 1.88. The number of nitrogens with zero attached hydrogens (tertiary/aromatic N) is 2. The van der Waals surface area contributed by atoms with E-state index in [-0.39, 0.29) is 16.5 Å². The van der Waals surface area contributed by atoms with Crippen LogP contribution in [-0.2, 0) is 0 Å². The van der Waals surface area contributed by atoms with Crippen LogP contribution in [0.4, 0.5) is 5.69 Å². The highest BCUT2D eigenvalue weighted by atomic mass is 35.5. The molecule has 1 aliphatic heterocycles. The molecule has 3 rings (SSSR count). The Morgan fingerprint density at radius 2 is 1.87 bits per heavy atom. The van der Waals surface area contributed by atoms with Crippen molar-refractivity contribution < 1.29 is 4.79 Å². The zero-order valence-electron chi connectivity index (χ0n) is 18.2. The molecule has 0 saturated heterocycles. The van der Waals surface area contributed by atoms with E-state index in [1.54, 1.807) is 18.3 Å². The summed E-state index contributed by atoms with van der Waals surface area (Å²) in [5.74, 6) is -0.382. The molecule has 0 spiro atoms. The Morgan fingerprint density at radius 3 is 2.50 bits per heavy atom. The molecule has 0 unspecified atom stereocenters. The molecule has 1 heterocycles. The number of fused-ring (bicyclic) bond motifs is 1. The van der Waals surface area contributed by atoms with Crippen molar-refractivity contribution >= 4 is 46.6 Å². The number of halogens is 2. The molecular formula is C24H27Cl2N3O. The Kier molecular flexibility index (Phi) is 6.30. The van der Waals surface area contributed by atoms with Crippen LogP contribution in [0.5, 0.6) is 0 Å². The molecule has 0 fully saturated rings. The van der Waals surface area contributed by atoms with Gasteiger partial charge in [-0.2, -0.15) is 5.10 Å². The summed E-state index contributed by atoms with van der Waals surface area (Å²) in [6.45, 7) is 13.1. The fraction of sp³-hybridized carbons (Fsp3) is 0.333. The fourth-order valence-electron chi connectivity index (χ4n) is 4.19. The number of allylic oxidation sites excluding steroid dienone is 1. The number of nitrogens with one attached hydrogen (secondary N) is 1. The Morgan fingerprint density at radius 1 is 1.17 bits per heavy atom. The molecule has 0 atom stereocenters. The molecule has 1 aliphatic rings. The standard InChI is InChI=1S/C24H27Cl2N3O/c1-14(2)29-22-9-15(3)17(10-20(22)16(4)12-24(29,5)6)13-27-28-23(30)19-8-7-18(25)11-21(19)26/h7-14H,1-6H3,(H,28,30)/b27-13-. The number of hydrazone groups is 1. The van der Waals surface area contributed by atoms with Crippen molar-refractivity contribution in [3.8, 4) is 0 Å². The summed E-state index contributed by atoms with van der Waals surface area (Å²) >= 11 is 12.0. The van der Waals surface area contributed by atoms with Crippen LogP contribution in [0.25, 0.3) is 5.57 Å². The molecule has 2 aromatic rings. The summed E-state index contributed by atoms with van der Waals surface area (Å²) in [4.78, 5) is 14.8. The molecule has 30 heavy (non-hydrogen) atoms. The van der Waals surface area contributed by atoms with Crippen LogP contribution in [0.1, 0.15) is 61.7 Å². The van der Waals surface area contributed by atoms with Crippen molar-refractivity contribution in [1.29, 1.82) is 0 Å². The Bertz CT molecular complexity index is 1050. The Labute approximate surface area is 188 Å². The second kappa shape index (κ2) is 8.44. The van der Waals surface area contributed by atoms with Crippen LogP contribution in [-0.4, -0.2) is 23.7 Å². The van der Waals surface area contributed by atoms with E-state index in [4.69, 9.17) is 23.2 Å². The maximum absolute atomic E-state index is 12.4. The molecule has 158 valence electrons. The number of rotatable bonds is 4. The summed E-state index contributed by atoms with van der Waals surface area (Å²) in [5, 5.41) is 4.92. The van der Waals surface area contributed by atoms with Gasteiger partial charge < -0.3 is 4.90 Å². The number of aryl methyl sites for hydroxylation is 1. The molecule has 2 aromatic carbocycles. The van der Waals surface area contributed by atoms with Crippen LogP contribution < -0.4 is 10.3 Å². The van der Waals surface area contributed by atoms with E-state index in [2.05, 4.69) is 75.2 Å². The highest BCUT2D eigenvalue weighted by Crippen LogP contribution is 2.41. The molecule has 0 aliphatic carbocycles. The second-order valence-corrected chi connectivity index (χ2v) is 9.34. The smallest absolute Gasteiger partial charge is 0.272 e. The monoisotopic (exact) mass is 443 g/mol. The zero-order chi connectivity index (χ0) is 22.2. The highest BCUT2D eigenvalue weighted by molar-refractivity contribution is 6.36. The number of benzene rings is 2. The van der Waals surface area contributed by atoms with Crippen molar-refractivity contribution in [3.05, 3.63) is 68.7 Å². The molecule has 0 saturated carbocycles. The topological polar surface area (TPSA) is 44.7 Å². The predicted octanol–water partition coefficient (Wildman–Crippen LogP) is 6.48. The van der Waals surface area contributed by atoms with Crippen molar-refractivity contribution in [2.24, 2.45) is 5.10 Å². The number of amides is 1. The van der Waals surface area contributed by atoms with E-state index in [9.17, 15) is 4.79 Å². The second-order valence-electron chi connectivity index (χ2n) is 8.49. The summed E-state index contributed by atoms with van der Waals surface area (Å²) in [5.41, 5.74) is 8.50. The molecule has 6 heteroatoms. The summed E-state index contributed by atoms with van der Waals surface area (Å²) < 4.78 is 0. The van der Waals surface area contributed by atoms with Gasteiger partial charge in [0.15, 0.2) is 0 Å². The molecule has 4 nitrogen and oxygen atoms in total. The van der Waals surface area contributed by atoms with Crippen molar-refractivity contribution in [2.45, 2.75) is 53.1 Å². The maximum Gasteiger partial charge on any atom is 0.272 e. The lowest BCUT2D eigenvalue weighted by molar-refractivity contribution is 0.0955. The number of anilines is 1. The van der Waals surface area contributed by atoms with E-state index < -0.39 is 0 Å². The van der Waals surface area contributed by atoms with Crippen molar-refractivity contribution in [1.82, 2.24) is 5.43 Å². The third-order valence-corrected chi connectivity index (χ3v) is 5.87. The Hall–Kier alpha value is -2.30. The molecule has 0 bridgehead atoms. The van der Waals surface area contributed by atoms with Gasteiger partial charge in [-0.3, -0.25) is 4.79 Å². The van der Waals surface area contributed by atoms with Crippen molar-refractivity contribution in [2.75, 3.05) is 4.90 Å². The number of hydrogen-bond acceptors (Lipinski definition) is 3. The minimum atomic E-state index is -0.382. The molecule has 0 aromatic heterocycles.